The lowest BCUT2D eigenvalue weighted by atomic mass is 9.81. The molecule has 22 heavy (non-hydrogen) atoms. The summed E-state index contributed by atoms with van der Waals surface area (Å²) < 4.78 is 0. The quantitative estimate of drug-likeness (QED) is 0.578. The average Bonchev–Trinajstić information content (AvgIpc) is 2.72. The summed E-state index contributed by atoms with van der Waals surface area (Å²) in [5.41, 5.74) is 0.563. The summed E-state index contributed by atoms with van der Waals surface area (Å²) in [5, 5.41) is 8.91. The van der Waals surface area contributed by atoms with Crippen molar-refractivity contribution in [1.29, 1.82) is 0 Å². The van der Waals surface area contributed by atoms with E-state index in [1.807, 2.05) is 0 Å². The zero-order valence-corrected chi connectivity index (χ0v) is 14.6. The molecule has 1 N–H and O–H groups in total. The Kier molecular flexibility index (Phi) is 4.11. The molecule has 0 spiro atoms. The number of carbonyl (C=O) groups is 3. The minimum atomic E-state index is -1.04. The molecule has 1 saturated carbocycles. The monoisotopic (exact) mass is 429 g/mol. The minimum Gasteiger partial charge on any atom is -0.478 e. The summed E-state index contributed by atoms with van der Waals surface area (Å²) in [5.74, 6) is -2.03. The zero-order valence-electron chi connectivity index (χ0n) is 11.4. The SMILES string of the molecule is O=C(O)c1ccc(N2C(=O)[C@@H]3C[C@H](Br)[C@@H](Br)C[C@H]3C2=O)cc1. The maximum absolute atomic E-state index is 12.6. The number of anilines is 1. The molecule has 4 atom stereocenters. The predicted octanol–water partition coefficient (Wildman–Crippen LogP) is 2.81. The van der Waals surface area contributed by atoms with Gasteiger partial charge >= 0.3 is 5.97 Å². The second-order valence-corrected chi connectivity index (χ2v) is 7.93. The number of amides is 2. The number of carboxylic acid groups (broad SMARTS) is 1. The number of rotatable bonds is 2. The van der Waals surface area contributed by atoms with E-state index >= 15 is 0 Å². The summed E-state index contributed by atoms with van der Waals surface area (Å²) in [6.45, 7) is 0. The fourth-order valence-electron chi connectivity index (χ4n) is 3.10. The average molecular weight is 431 g/mol. The molecule has 116 valence electrons. The topological polar surface area (TPSA) is 74.7 Å². The van der Waals surface area contributed by atoms with Crippen LogP contribution in [0.2, 0.25) is 0 Å². The molecule has 1 aliphatic carbocycles. The molecule has 1 aliphatic heterocycles. The number of carboxylic acids is 1. The van der Waals surface area contributed by atoms with Gasteiger partial charge in [0.15, 0.2) is 0 Å². The number of benzene rings is 1. The van der Waals surface area contributed by atoms with E-state index in [4.69, 9.17) is 5.11 Å². The summed E-state index contributed by atoms with van der Waals surface area (Å²) in [7, 11) is 0. The summed E-state index contributed by atoms with van der Waals surface area (Å²) >= 11 is 7.09. The lowest BCUT2D eigenvalue weighted by Crippen LogP contribution is -2.34. The van der Waals surface area contributed by atoms with Gasteiger partial charge in [-0.2, -0.15) is 0 Å². The van der Waals surface area contributed by atoms with Crippen LogP contribution in [0.25, 0.3) is 0 Å². The normalized spacial score (nSPS) is 31.3. The van der Waals surface area contributed by atoms with Gasteiger partial charge in [-0.3, -0.25) is 14.5 Å². The number of hydrogen-bond acceptors (Lipinski definition) is 3. The van der Waals surface area contributed by atoms with Crippen LogP contribution < -0.4 is 4.90 Å². The third kappa shape index (κ3) is 2.50. The molecule has 1 aromatic carbocycles. The van der Waals surface area contributed by atoms with E-state index in [1.165, 1.54) is 29.2 Å². The Hall–Kier alpha value is -1.21. The Labute approximate surface area is 143 Å². The number of imide groups is 1. The van der Waals surface area contributed by atoms with E-state index in [2.05, 4.69) is 31.9 Å². The van der Waals surface area contributed by atoms with Crippen LogP contribution in [0.3, 0.4) is 0 Å². The van der Waals surface area contributed by atoms with Gasteiger partial charge in [0.2, 0.25) is 11.8 Å². The van der Waals surface area contributed by atoms with Gasteiger partial charge in [-0.1, -0.05) is 31.9 Å². The predicted molar refractivity (Wildman–Crippen MR) is 87.5 cm³/mol. The first kappa shape index (κ1) is 15.7. The van der Waals surface area contributed by atoms with Gasteiger partial charge in [-0.05, 0) is 37.1 Å². The molecule has 1 aromatic rings. The van der Waals surface area contributed by atoms with Gasteiger partial charge in [0.05, 0.1) is 23.1 Å². The molecule has 0 aromatic heterocycles. The minimum absolute atomic E-state index is 0.126. The van der Waals surface area contributed by atoms with Crippen molar-refractivity contribution in [3.63, 3.8) is 0 Å². The van der Waals surface area contributed by atoms with Crippen LogP contribution in [0.4, 0.5) is 5.69 Å². The fourth-order valence-corrected chi connectivity index (χ4v) is 4.34. The number of halogens is 2. The maximum Gasteiger partial charge on any atom is 0.335 e. The summed E-state index contributed by atoms with van der Waals surface area (Å²) in [6.07, 6.45) is 1.24. The maximum atomic E-state index is 12.6. The van der Waals surface area contributed by atoms with Crippen molar-refractivity contribution >= 4 is 55.3 Å². The van der Waals surface area contributed by atoms with Gasteiger partial charge in [-0.15, -0.1) is 0 Å². The zero-order chi connectivity index (χ0) is 16.0. The molecule has 1 saturated heterocycles. The van der Waals surface area contributed by atoms with Crippen LogP contribution >= 0.6 is 31.9 Å². The summed E-state index contributed by atoms with van der Waals surface area (Å²) in [6, 6.07) is 5.82. The molecule has 5 nitrogen and oxygen atoms in total. The third-order valence-corrected chi connectivity index (χ3v) is 7.02. The second-order valence-electron chi connectivity index (χ2n) is 5.58. The van der Waals surface area contributed by atoms with Gasteiger partial charge in [0.25, 0.3) is 0 Å². The molecule has 1 heterocycles. The van der Waals surface area contributed by atoms with Crippen molar-refractivity contribution < 1.29 is 19.5 Å². The van der Waals surface area contributed by atoms with Crippen LogP contribution in [-0.4, -0.2) is 32.5 Å². The highest BCUT2D eigenvalue weighted by molar-refractivity contribution is 9.12. The Morgan fingerprint density at radius 1 is 1.00 bits per heavy atom. The van der Waals surface area contributed by atoms with Gasteiger partial charge in [-0.25, -0.2) is 4.79 Å². The number of hydrogen-bond donors (Lipinski definition) is 1. The van der Waals surface area contributed by atoms with Crippen molar-refractivity contribution in [1.82, 2.24) is 0 Å². The molecule has 7 heteroatoms. The molecule has 0 bridgehead atoms. The van der Waals surface area contributed by atoms with E-state index in [9.17, 15) is 14.4 Å². The third-order valence-electron chi connectivity index (χ3n) is 4.28. The van der Waals surface area contributed by atoms with Crippen LogP contribution in [0.1, 0.15) is 23.2 Å². The molecular weight excluding hydrogens is 418 g/mol. The van der Waals surface area contributed by atoms with Crippen LogP contribution in [0.15, 0.2) is 24.3 Å². The summed E-state index contributed by atoms with van der Waals surface area (Å²) in [4.78, 5) is 37.6. The van der Waals surface area contributed by atoms with E-state index in [1.54, 1.807) is 0 Å². The Morgan fingerprint density at radius 2 is 1.45 bits per heavy atom. The highest BCUT2D eigenvalue weighted by Crippen LogP contribution is 2.44. The highest BCUT2D eigenvalue weighted by Gasteiger charge is 2.52. The molecule has 2 aliphatic rings. The molecule has 2 fully saturated rings. The van der Waals surface area contributed by atoms with Crippen molar-refractivity contribution in [3.8, 4) is 0 Å². The first-order valence-corrected chi connectivity index (χ1v) is 8.72. The van der Waals surface area contributed by atoms with E-state index in [-0.39, 0.29) is 38.9 Å². The Morgan fingerprint density at radius 3 is 1.86 bits per heavy atom. The van der Waals surface area contributed by atoms with Crippen molar-refractivity contribution in [3.05, 3.63) is 29.8 Å². The first-order valence-electron chi connectivity index (χ1n) is 6.89. The number of alkyl halides is 2. The second kappa shape index (κ2) is 5.77. The number of carbonyl (C=O) groups excluding carboxylic acids is 2. The standard InChI is InChI=1S/C15H13Br2NO4/c16-11-5-9-10(6-12(11)17)14(20)18(13(9)19)8-3-1-7(2-4-8)15(21)22/h1-4,9-12H,5-6H2,(H,21,22)/t9-,10-,11+,12+/m1/s1. The molecule has 0 unspecified atom stereocenters. The number of fused-ring (bicyclic) bond motifs is 1. The Balaban J connectivity index is 1.90. The molecule has 2 amide bonds. The van der Waals surface area contributed by atoms with Gasteiger partial charge in [0.1, 0.15) is 0 Å². The lowest BCUT2D eigenvalue weighted by molar-refractivity contribution is -0.122. The van der Waals surface area contributed by atoms with E-state index in [0.717, 1.165) is 0 Å². The van der Waals surface area contributed by atoms with Gasteiger partial charge < -0.3 is 5.11 Å². The number of aromatic carboxylic acids is 1. The first-order chi connectivity index (χ1) is 10.4. The van der Waals surface area contributed by atoms with Gasteiger partial charge in [0, 0.05) is 9.65 Å². The van der Waals surface area contributed by atoms with Crippen molar-refractivity contribution in [2.45, 2.75) is 22.5 Å². The smallest absolute Gasteiger partial charge is 0.335 e. The fraction of sp³-hybridized carbons (Fsp3) is 0.400. The Bertz CT molecular complexity index is 617. The number of nitrogens with zero attached hydrogens (tertiary/aromatic N) is 1. The lowest BCUT2D eigenvalue weighted by Gasteiger charge is -2.29. The van der Waals surface area contributed by atoms with Crippen molar-refractivity contribution in [2.24, 2.45) is 11.8 Å². The largest absolute Gasteiger partial charge is 0.478 e. The molecule has 0 radical (unpaired) electrons. The van der Waals surface area contributed by atoms with Crippen LogP contribution in [-0.2, 0) is 9.59 Å². The van der Waals surface area contributed by atoms with Crippen LogP contribution in [0.5, 0.6) is 0 Å². The molecule has 3 rings (SSSR count). The van der Waals surface area contributed by atoms with Crippen molar-refractivity contribution in [2.75, 3.05) is 4.90 Å². The molecular formula is C15H13Br2NO4. The van der Waals surface area contributed by atoms with E-state index < -0.39 is 5.97 Å². The highest BCUT2D eigenvalue weighted by atomic mass is 79.9. The van der Waals surface area contributed by atoms with E-state index in [0.29, 0.717) is 18.5 Å². The van der Waals surface area contributed by atoms with Crippen LogP contribution in [0, 0.1) is 11.8 Å².